The van der Waals surface area contributed by atoms with Gasteiger partial charge in [-0.15, -0.1) is 0 Å². The maximum absolute atomic E-state index is 13.2. The molecule has 0 bridgehead atoms. The average Bonchev–Trinajstić information content (AvgIpc) is 2.78. The second-order valence-electron chi connectivity index (χ2n) is 7.76. The molecular weight excluding hydrogens is 376 g/mol. The van der Waals surface area contributed by atoms with E-state index in [0.717, 1.165) is 41.8 Å². The molecule has 1 unspecified atom stereocenters. The van der Waals surface area contributed by atoms with E-state index in [1.54, 1.807) is 7.11 Å². The van der Waals surface area contributed by atoms with Gasteiger partial charge in [0.05, 0.1) is 19.3 Å². The van der Waals surface area contributed by atoms with Crippen molar-refractivity contribution in [2.75, 3.05) is 25.6 Å². The summed E-state index contributed by atoms with van der Waals surface area (Å²) in [7, 11) is 1.66. The largest absolute Gasteiger partial charge is 0.493 e. The Morgan fingerprint density at radius 2 is 1.77 bits per heavy atom. The Balaban J connectivity index is 1.82. The summed E-state index contributed by atoms with van der Waals surface area (Å²) in [5.74, 6) is 1.52. The van der Waals surface area contributed by atoms with Gasteiger partial charge in [-0.1, -0.05) is 57.7 Å². The zero-order valence-electron chi connectivity index (χ0n) is 18.4. The summed E-state index contributed by atoms with van der Waals surface area (Å²) >= 11 is 0. The number of unbranched alkanes of at least 4 members (excludes halogenated alkanes) is 4. The Morgan fingerprint density at radius 3 is 2.53 bits per heavy atom. The molecule has 1 aliphatic rings. The molecule has 1 atom stereocenters. The average molecular weight is 411 g/mol. The van der Waals surface area contributed by atoms with Crippen LogP contribution in [0.3, 0.4) is 0 Å². The van der Waals surface area contributed by atoms with Crippen LogP contribution in [0.15, 0.2) is 42.5 Å². The lowest BCUT2D eigenvalue weighted by molar-refractivity contribution is 0.0680. The van der Waals surface area contributed by atoms with E-state index < -0.39 is 0 Å². The summed E-state index contributed by atoms with van der Waals surface area (Å²) in [6.07, 6.45) is 6.43. The van der Waals surface area contributed by atoms with E-state index in [0.29, 0.717) is 18.9 Å². The van der Waals surface area contributed by atoms with E-state index in [2.05, 4.69) is 19.2 Å². The van der Waals surface area contributed by atoms with Crippen LogP contribution in [0.25, 0.3) is 0 Å². The summed E-state index contributed by atoms with van der Waals surface area (Å²) in [4.78, 5) is 15.1. The van der Waals surface area contributed by atoms with E-state index >= 15 is 0 Å². The van der Waals surface area contributed by atoms with Crippen LogP contribution in [-0.4, -0.2) is 31.1 Å². The van der Waals surface area contributed by atoms with Gasteiger partial charge in [0.25, 0.3) is 5.91 Å². The first-order valence-electron chi connectivity index (χ1n) is 11.2. The van der Waals surface area contributed by atoms with Gasteiger partial charge in [0.15, 0.2) is 11.5 Å². The molecule has 2 aromatic rings. The SMILES string of the molecule is CCCCCCOc1ccc(C2Nc3ccccc3C(=O)N2CCCC)cc1OC. The van der Waals surface area contributed by atoms with E-state index in [4.69, 9.17) is 9.47 Å². The Labute approximate surface area is 180 Å². The minimum Gasteiger partial charge on any atom is -0.493 e. The van der Waals surface area contributed by atoms with Crippen LogP contribution in [0, 0.1) is 0 Å². The monoisotopic (exact) mass is 410 g/mol. The third-order valence-corrected chi connectivity index (χ3v) is 5.53. The molecule has 1 heterocycles. The van der Waals surface area contributed by atoms with Crippen LogP contribution in [-0.2, 0) is 0 Å². The van der Waals surface area contributed by atoms with Gasteiger partial charge in [0.2, 0.25) is 0 Å². The lowest BCUT2D eigenvalue weighted by atomic mass is 10.0. The van der Waals surface area contributed by atoms with Gasteiger partial charge in [-0.05, 0) is 42.7 Å². The number of rotatable bonds is 11. The number of benzene rings is 2. The Bertz CT molecular complexity index is 837. The number of anilines is 1. The standard InChI is InChI=1S/C25H34N2O3/c1-4-6-8-11-17-30-22-15-14-19(18-23(22)29-3)24-26-21-13-10-9-12-20(21)25(28)27(24)16-7-5-2/h9-10,12-15,18,24,26H,4-8,11,16-17H2,1-3H3. The fourth-order valence-electron chi connectivity index (χ4n) is 3.80. The number of para-hydroxylation sites is 1. The molecule has 5 nitrogen and oxygen atoms in total. The Morgan fingerprint density at radius 1 is 0.967 bits per heavy atom. The van der Waals surface area contributed by atoms with E-state index in [1.807, 2.05) is 47.4 Å². The molecule has 0 saturated carbocycles. The summed E-state index contributed by atoms with van der Waals surface area (Å²) in [6.45, 7) is 5.74. The molecule has 30 heavy (non-hydrogen) atoms. The van der Waals surface area contributed by atoms with Crippen molar-refractivity contribution >= 4 is 11.6 Å². The molecule has 5 heteroatoms. The zero-order valence-corrected chi connectivity index (χ0v) is 18.4. The first kappa shape index (κ1) is 22.0. The third kappa shape index (κ3) is 5.07. The van der Waals surface area contributed by atoms with Crippen molar-refractivity contribution in [2.45, 2.75) is 58.5 Å². The van der Waals surface area contributed by atoms with Crippen molar-refractivity contribution < 1.29 is 14.3 Å². The highest BCUT2D eigenvalue weighted by Gasteiger charge is 2.32. The molecule has 3 rings (SSSR count). The summed E-state index contributed by atoms with van der Waals surface area (Å²) in [6, 6.07) is 13.7. The molecular formula is C25H34N2O3. The van der Waals surface area contributed by atoms with Crippen LogP contribution in [0.1, 0.15) is 74.5 Å². The topological polar surface area (TPSA) is 50.8 Å². The van der Waals surface area contributed by atoms with Crippen molar-refractivity contribution in [1.82, 2.24) is 4.90 Å². The summed E-state index contributed by atoms with van der Waals surface area (Å²) in [5, 5.41) is 3.55. The Kier molecular flexibility index (Phi) is 8.00. The highest BCUT2D eigenvalue weighted by Crippen LogP contribution is 2.37. The normalized spacial score (nSPS) is 15.5. The third-order valence-electron chi connectivity index (χ3n) is 5.53. The Hall–Kier alpha value is -2.69. The molecule has 2 aromatic carbocycles. The predicted octanol–water partition coefficient (Wildman–Crippen LogP) is 6.02. The number of carbonyl (C=O) groups is 1. The van der Waals surface area contributed by atoms with Crippen LogP contribution < -0.4 is 14.8 Å². The predicted molar refractivity (Wildman–Crippen MR) is 121 cm³/mol. The molecule has 1 N–H and O–H groups in total. The number of carbonyl (C=O) groups excluding carboxylic acids is 1. The molecule has 0 radical (unpaired) electrons. The lowest BCUT2D eigenvalue weighted by Crippen LogP contribution is -2.43. The quantitative estimate of drug-likeness (QED) is 0.460. The highest BCUT2D eigenvalue weighted by atomic mass is 16.5. The first-order chi connectivity index (χ1) is 14.7. The first-order valence-corrected chi connectivity index (χ1v) is 11.2. The molecule has 0 saturated heterocycles. The summed E-state index contributed by atoms with van der Waals surface area (Å²) < 4.78 is 11.6. The van der Waals surface area contributed by atoms with Gasteiger partial charge < -0.3 is 19.7 Å². The molecule has 0 aliphatic carbocycles. The number of amides is 1. The fraction of sp³-hybridized carbons (Fsp3) is 0.480. The molecule has 0 spiro atoms. The fourth-order valence-corrected chi connectivity index (χ4v) is 3.80. The molecule has 1 aliphatic heterocycles. The number of hydrogen-bond acceptors (Lipinski definition) is 4. The van der Waals surface area contributed by atoms with Crippen molar-refractivity contribution in [2.24, 2.45) is 0 Å². The maximum Gasteiger partial charge on any atom is 0.257 e. The van der Waals surface area contributed by atoms with Gasteiger partial charge in [-0.2, -0.15) is 0 Å². The molecule has 0 aromatic heterocycles. The van der Waals surface area contributed by atoms with Crippen LogP contribution in [0.2, 0.25) is 0 Å². The minimum absolute atomic E-state index is 0.0676. The van der Waals surface area contributed by atoms with E-state index in [-0.39, 0.29) is 12.1 Å². The van der Waals surface area contributed by atoms with Gasteiger partial charge in [-0.25, -0.2) is 0 Å². The maximum atomic E-state index is 13.2. The van der Waals surface area contributed by atoms with Crippen molar-refractivity contribution in [3.05, 3.63) is 53.6 Å². The summed E-state index contributed by atoms with van der Waals surface area (Å²) in [5.41, 5.74) is 2.59. The number of methoxy groups -OCH3 is 1. The second-order valence-corrected chi connectivity index (χ2v) is 7.76. The van der Waals surface area contributed by atoms with Crippen molar-refractivity contribution in [3.8, 4) is 11.5 Å². The van der Waals surface area contributed by atoms with Crippen LogP contribution in [0.4, 0.5) is 5.69 Å². The molecule has 0 fully saturated rings. The number of nitrogens with zero attached hydrogens (tertiary/aromatic N) is 1. The number of nitrogens with one attached hydrogen (secondary N) is 1. The van der Waals surface area contributed by atoms with Crippen molar-refractivity contribution in [3.63, 3.8) is 0 Å². The van der Waals surface area contributed by atoms with Gasteiger partial charge in [0, 0.05) is 12.2 Å². The van der Waals surface area contributed by atoms with Crippen LogP contribution >= 0.6 is 0 Å². The van der Waals surface area contributed by atoms with Gasteiger partial charge >= 0.3 is 0 Å². The smallest absolute Gasteiger partial charge is 0.257 e. The van der Waals surface area contributed by atoms with Crippen molar-refractivity contribution in [1.29, 1.82) is 0 Å². The van der Waals surface area contributed by atoms with Crippen LogP contribution in [0.5, 0.6) is 11.5 Å². The second kappa shape index (κ2) is 10.9. The number of ether oxygens (including phenoxy) is 2. The lowest BCUT2D eigenvalue weighted by Gasteiger charge is -2.38. The zero-order chi connectivity index (χ0) is 21.3. The highest BCUT2D eigenvalue weighted by molar-refractivity contribution is 6.01. The minimum atomic E-state index is -0.230. The number of fused-ring (bicyclic) bond motifs is 1. The number of hydrogen-bond donors (Lipinski definition) is 1. The van der Waals surface area contributed by atoms with E-state index in [9.17, 15) is 4.79 Å². The molecule has 1 amide bonds. The van der Waals surface area contributed by atoms with Gasteiger partial charge in [-0.3, -0.25) is 4.79 Å². The van der Waals surface area contributed by atoms with Gasteiger partial charge in [0.1, 0.15) is 6.17 Å². The van der Waals surface area contributed by atoms with E-state index in [1.165, 1.54) is 19.3 Å². The molecule has 162 valence electrons.